The molecule has 0 bridgehead atoms. The molecular weight excluding hydrogens is 300 g/mol. The van der Waals surface area contributed by atoms with Crippen molar-refractivity contribution in [2.24, 2.45) is 0 Å². The Bertz CT molecular complexity index is 453. The molecule has 1 aliphatic heterocycles. The smallest absolute Gasteiger partial charge is 0.330 e. The molecule has 1 heterocycles. The first-order valence-electron chi connectivity index (χ1n) is 8.42. The number of rotatable bonds is 6. The van der Waals surface area contributed by atoms with E-state index in [9.17, 15) is 14.4 Å². The van der Waals surface area contributed by atoms with Crippen molar-refractivity contribution in [3.63, 3.8) is 0 Å². The van der Waals surface area contributed by atoms with Crippen LogP contribution in [0, 0.1) is 0 Å². The molecule has 23 heavy (non-hydrogen) atoms. The summed E-state index contributed by atoms with van der Waals surface area (Å²) < 4.78 is 10.1. The van der Waals surface area contributed by atoms with Crippen molar-refractivity contribution in [3.05, 3.63) is 0 Å². The fourth-order valence-corrected chi connectivity index (χ4v) is 3.27. The third-order valence-corrected chi connectivity index (χ3v) is 4.52. The number of carbonyl (C=O) groups excluding carboxylic acids is 3. The van der Waals surface area contributed by atoms with Crippen LogP contribution in [0.15, 0.2) is 0 Å². The maximum atomic E-state index is 12.2. The summed E-state index contributed by atoms with van der Waals surface area (Å²) in [6, 6.07) is -1.15. The van der Waals surface area contributed by atoms with Crippen molar-refractivity contribution < 1.29 is 23.9 Å². The molecule has 2 rings (SSSR count). The molecule has 2 atom stereocenters. The Morgan fingerprint density at radius 3 is 2.52 bits per heavy atom. The third kappa shape index (κ3) is 4.29. The fourth-order valence-electron chi connectivity index (χ4n) is 3.27. The normalized spacial score (nSPS) is 24.2. The summed E-state index contributed by atoms with van der Waals surface area (Å²) in [5, 5.41) is 6.05. The van der Waals surface area contributed by atoms with Gasteiger partial charge in [0.05, 0.1) is 6.61 Å². The Hall–Kier alpha value is -1.47. The number of carbonyl (C=O) groups is 3. The van der Waals surface area contributed by atoms with Gasteiger partial charge >= 0.3 is 17.9 Å². The van der Waals surface area contributed by atoms with E-state index in [0.717, 1.165) is 25.8 Å². The first-order chi connectivity index (χ1) is 11.0. The van der Waals surface area contributed by atoms with Crippen molar-refractivity contribution in [3.8, 4) is 0 Å². The van der Waals surface area contributed by atoms with Crippen LogP contribution in [-0.4, -0.2) is 48.7 Å². The molecule has 0 aromatic carbocycles. The Morgan fingerprint density at radius 1 is 1.26 bits per heavy atom. The first kappa shape index (κ1) is 17.9. The van der Waals surface area contributed by atoms with Crippen LogP contribution in [0.25, 0.3) is 0 Å². The lowest BCUT2D eigenvalue weighted by atomic mass is 9.96. The molecule has 0 aromatic heterocycles. The van der Waals surface area contributed by atoms with Gasteiger partial charge in [-0.25, -0.2) is 9.59 Å². The first-order valence-corrected chi connectivity index (χ1v) is 8.42. The quantitative estimate of drug-likeness (QED) is 0.547. The van der Waals surface area contributed by atoms with Crippen molar-refractivity contribution >= 4 is 17.9 Å². The van der Waals surface area contributed by atoms with Gasteiger partial charge < -0.3 is 14.8 Å². The molecule has 1 unspecified atom stereocenters. The topological polar surface area (TPSA) is 93.7 Å². The zero-order valence-corrected chi connectivity index (χ0v) is 13.9. The van der Waals surface area contributed by atoms with Gasteiger partial charge in [-0.15, -0.1) is 0 Å². The Morgan fingerprint density at radius 2 is 1.96 bits per heavy atom. The van der Waals surface area contributed by atoms with Crippen LogP contribution >= 0.6 is 0 Å². The molecule has 7 heteroatoms. The number of hydrogen-bond donors (Lipinski definition) is 2. The van der Waals surface area contributed by atoms with Crippen molar-refractivity contribution in [2.45, 2.75) is 70.0 Å². The van der Waals surface area contributed by atoms with E-state index in [1.54, 1.807) is 13.8 Å². The maximum absolute atomic E-state index is 12.2. The predicted molar refractivity (Wildman–Crippen MR) is 82.6 cm³/mol. The van der Waals surface area contributed by atoms with Gasteiger partial charge in [-0.2, -0.15) is 0 Å². The molecule has 2 N–H and O–H groups in total. The van der Waals surface area contributed by atoms with Crippen molar-refractivity contribution in [2.75, 3.05) is 13.2 Å². The molecule has 1 saturated carbocycles. The summed E-state index contributed by atoms with van der Waals surface area (Å²) in [5.74, 6) is -1.53. The number of hydrogen-bond acceptors (Lipinski definition) is 7. The van der Waals surface area contributed by atoms with Crippen LogP contribution in [0.2, 0.25) is 0 Å². The predicted octanol–water partition coefficient (Wildman–Crippen LogP) is 0.662. The summed E-state index contributed by atoms with van der Waals surface area (Å²) in [4.78, 5) is 36.3. The number of nitrogens with one attached hydrogen (secondary N) is 2. The lowest BCUT2D eigenvalue weighted by molar-refractivity contribution is -0.163. The van der Waals surface area contributed by atoms with Gasteiger partial charge in [0.25, 0.3) is 0 Å². The van der Waals surface area contributed by atoms with Crippen LogP contribution in [0.4, 0.5) is 0 Å². The minimum absolute atomic E-state index is 0.299. The highest BCUT2D eigenvalue weighted by Crippen LogP contribution is 2.31. The number of ether oxygens (including phenoxy) is 2. The summed E-state index contributed by atoms with van der Waals surface area (Å²) in [6.07, 6.45) is 4.63. The van der Waals surface area contributed by atoms with E-state index in [1.807, 2.05) is 0 Å². The average Bonchev–Trinajstić information content (AvgIpc) is 3.19. The minimum atomic E-state index is -0.844. The number of esters is 3. The van der Waals surface area contributed by atoms with Gasteiger partial charge in [-0.05, 0) is 46.1 Å². The zero-order valence-electron chi connectivity index (χ0n) is 13.9. The monoisotopic (exact) mass is 326 g/mol. The van der Waals surface area contributed by atoms with Crippen molar-refractivity contribution in [1.82, 2.24) is 10.6 Å². The van der Waals surface area contributed by atoms with Crippen molar-refractivity contribution in [1.29, 1.82) is 0 Å². The fraction of sp³-hybridized carbons (Fsp3) is 0.812. The average molecular weight is 326 g/mol. The lowest BCUT2D eigenvalue weighted by Crippen LogP contribution is -2.56. The van der Waals surface area contributed by atoms with E-state index in [-0.39, 0.29) is 5.97 Å². The highest BCUT2D eigenvalue weighted by molar-refractivity contribution is 5.91. The van der Waals surface area contributed by atoms with Gasteiger partial charge in [0, 0.05) is 0 Å². The molecule has 7 nitrogen and oxygen atoms in total. The van der Waals surface area contributed by atoms with Crippen LogP contribution < -0.4 is 10.6 Å². The van der Waals surface area contributed by atoms with Crippen LogP contribution in [-0.2, 0) is 23.9 Å². The summed E-state index contributed by atoms with van der Waals surface area (Å²) in [5.41, 5.74) is -0.844. The standard InChI is InChI=1S/C16H26N2O5/c1-3-22-15(21)16(8-4-5-9-16)18-11(2)13(19)23-14(20)12-7-6-10-17-12/h11-12,17-18H,3-10H2,1-2H3/t11?,12-/m0/s1. The van der Waals surface area contributed by atoms with E-state index < -0.39 is 29.6 Å². The second-order valence-corrected chi connectivity index (χ2v) is 6.26. The van der Waals surface area contributed by atoms with Gasteiger partial charge in [0.1, 0.15) is 17.6 Å². The lowest BCUT2D eigenvalue weighted by Gasteiger charge is -2.30. The maximum Gasteiger partial charge on any atom is 0.330 e. The third-order valence-electron chi connectivity index (χ3n) is 4.52. The molecule has 1 aliphatic carbocycles. The highest BCUT2D eigenvalue weighted by Gasteiger charge is 2.44. The molecule has 1 saturated heterocycles. The summed E-state index contributed by atoms with van der Waals surface area (Å²) in [6.45, 7) is 4.42. The molecule has 0 aromatic rings. The largest absolute Gasteiger partial charge is 0.465 e. The minimum Gasteiger partial charge on any atom is -0.465 e. The van der Waals surface area contributed by atoms with Crippen LogP contribution in [0.1, 0.15) is 52.4 Å². The molecule has 0 radical (unpaired) electrons. The van der Waals surface area contributed by atoms with Gasteiger partial charge in [-0.1, -0.05) is 12.8 Å². The second-order valence-electron chi connectivity index (χ2n) is 6.26. The van der Waals surface area contributed by atoms with E-state index in [4.69, 9.17) is 9.47 Å². The molecule has 130 valence electrons. The molecule has 2 aliphatic rings. The van der Waals surface area contributed by atoms with E-state index in [1.165, 1.54) is 0 Å². The molecular formula is C16H26N2O5. The summed E-state index contributed by atoms with van der Waals surface area (Å²) in [7, 11) is 0. The SMILES string of the molecule is CCOC(=O)C1(NC(C)C(=O)OC(=O)[C@@H]2CCCN2)CCCC1. The highest BCUT2D eigenvalue weighted by atomic mass is 16.6. The zero-order chi connectivity index (χ0) is 16.9. The second kappa shape index (κ2) is 7.88. The van der Waals surface area contributed by atoms with Gasteiger partial charge in [-0.3, -0.25) is 10.1 Å². The van der Waals surface area contributed by atoms with E-state index in [2.05, 4.69) is 10.6 Å². The van der Waals surface area contributed by atoms with Gasteiger partial charge in [0.15, 0.2) is 0 Å². The van der Waals surface area contributed by atoms with E-state index >= 15 is 0 Å². The van der Waals surface area contributed by atoms with Crippen LogP contribution in [0.3, 0.4) is 0 Å². The Balaban J connectivity index is 1.92. The summed E-state index contributed by atoms with van der Waals surface area (Å²) >= 11 is 0. The van der Waals surface area contributed by atoms with E-state index in [0.29, 0.717) is 25.9 Å². The molecule has 0 amide bonds. The Labute approximate surface area is 136 Å². The molecule has 2 fully saturated rings. The Kier molecular flexibility index (Phi) is 6.12. The van der Waals surface area contributed by atoms with Gasteiger partial charge in [0.2, 0.25) is 0 Å². The van der Waals surface area contributed by atoms with Crippen LogP contribution in [0.5, 0.6) is 0 Å². The molecule has 0 spiro atoms.